The molecular weight excluding hydrogens is 422 g/mol. The van der Waals surface area contributed by atoms with E-state index < -0.39 is 0 Å². The Hall–Kier alpha value is -2.71. The number of piperidine rings is 1. The SMILES string of the molecule is CCCCNc1nc(C2(c3ccccc3)CCN(Cc3ccnn3C)CC2)cs1.O=CO. The van der Waals surface area contributed by atoms with E-state index in [1.54, 1.807) is 11.3 Å². The standard InChI is InChI=1S/C23H31N5S.CH2O2/c1-3-4-13-24-22-26-21(18-29-22)23(19-8-6-5-7-9-19)11-15-28(16-12-23)17-20-10-14-25-27(20)2;2-1-3/h5-10,14,18H,3-4,11-13,15-17H2,1-2H3,(H,24,26);1H,(H,2,3). The van der Waals surface area contributed by atoms with E-state index in [9.17, 15) is 0 Å². The smallest absolute Gasteiger partial charge is 0.290 e. The Morgan fingerprint density at radius 1 is 1.22 bits per heavy atom. The predicted molar refractivity (Wildman–Crippen MR) is 129 cm³/mol. The van der Waals surface area contributed by atoms with E-state index in [0.717, 1.165) is 44.2 Å². The largest absolute Gasteiger partial charge is 0.483 e. The Kier molecular flexibility index (Phi) is 8.81. The highest BCUT2D eigenvalue weighted by molar-refractivity contribution is 7.13. The van der Waals surface area contributed by atoms with Crippen molar-refractivity contribution < 1.29 is 9.90 Å². The molecule has 2 aromatic heterocycles. The molecule has 2 N–H and O–H groups in total. The first-order chi connectivity index (χ1) is 15.6. The van der Waals surface area contributed by atoms with E-state index in [1.165, 1.54) is 29.8 Å². The summed E-state index contributed by atoms with van der Waals surface area (Å²) in [6, 6.07) is 13.1. The number of likely N-dealkylation sites (tertiary alicyclic amines) is 1. The second-order valence-corrected chi connectivity index (χ2v) is 8.95. The van der Waals surface area contributed by atoms with Gasteiger partial charge in [-0.3, -0.25) is 14.4 Å². The van der Waals surface area contributed by atoms with Gasteiger partial charge < -0.3 is 10.4 Å². The van der Waals surface area contributed by atoms with Gasteiger partial charge in [0.15, 0.2) is 5.13 Å². The average molecular weight is 456 g/mol. The van der Waals surface area contributed by atoms with Crippen molar-refractivity contribution in [1.82, 2.24) is 19.7 Å². The van der Waals surface area contributed by atoms with Crippen molar-refractivity contribution in [2.75, 3.05) is 25.0 Å². The van der Waals surface area contributed by atoms with Crippen molar-refractivity contribution in [2.24, 2.45) is 7.05 Å². The number of unbranched alkanes of at least 4 members (excludes halogenated alkanes) is 1. The molecule has 1 aliphatic rings. The first-order valence-electron chi connectivity index (χ1n) is 11.2. The molecule has 3 aromatic rings. The maximum Gasteiger partial charge on any atom is 0.290 e. The molecule has 0 unspecified atom stereocenters. The molecule has 0 amide bonds. The van der Waals surface area contributed by atoms with Crippen LogP contribution in [0.15, 0.2) is 48.0 Å². The van der Waals surface area contributed by atoms with E-state index in [-0.39, 0.29) is 11.9 Å². The Morgan fingerprint density at radius 2 is 1.94 bits per heavy atom. The van der Waals surface area contributed by atoms with Crippen LogP contribution in [-0.4, -0.2) is 50.9 Å². The molecule has 32 heavy (non-hydrogen) atoms. The molecule has 8 heteroatoms. The molecule has 1 saturated heterocycles. The van der Waals surface area contributed by atoms with Gasteiger partial charge in [0.05, 0.1) is 11.4 Å². The number of nitrogens with zero attached hydrogens (tertiary/aromatic N) is 4. The van der Waals surface area contributed by atoms with E-state index >= 15 is 0 Å². The fourth-order valence-corrected chi connectivity index (χ4v) is 5.11. The van der Waals surface area contributed by atoms with Crippen LogP contribution in [-0.2, 0) is 23.8 Å². The quantitative estimate of drug-likeness (QED) is 0.388. The molecule has 0 atom stereocenters. The third-order valence-corrected chi connectivity index (χ3v) is 6.95. The number of carbonyl (C=O) groups is 1. The van der Waals surface area contributed by atoms with Gasteiger partial charge in [0.25, 0.3) is 6.47 Å². The van der Waals surface area contributed by atoms with Crippen LogP contribution in [0.3, 0.4) is 0 Å². The van der Waals surface area contributed by atoms with Gasteiger partial charge in [-0.05, 0) is 44.0 Å². The van der Waals surface area contributed by atoms with Gasteiger partial charge in [-0.25, -0.2) is 4.98 Å². The molecule has 0 bridgehead atoms. The number of hydrogen-bond acceptors (Lipinski definition) is 6. The van der Waals surface area contributed by atoms with Crippen molar-refractivity contribution in [3.63, 3.8) is 0 Å². The highest BCUT2D eigenvalue weighted by atomic mass is 32.1. The molecule has 7 nitrogen and oxygen atoms in total. The van der Waals surface area contributed by atoms with Crippen molar-refractivity contribution in [3.05, 3.63) is 64.9 Å². The normalized spacial score (nSPS) is 15.6. The maximum absolute atomic E-state index is 8.36. The van der Waals surface area contributed by atoms with Crippen LogP contribution in [0.1, 0.15) is 49.6 Å². The Bertz CT molecular complexity index is 948. The second kappa shape index (κ2) is 11.8. The molecule has 0 spiro atoms. The summed E-state index contributed by atoms with van der Waals surface area (Å²) in [5.41, 5.74) is 3.90. The zero-order chi connectivity index (χ0) is 22.8. The van der Waals surface area contributed by atoms with Gasteiger partial charge >= 0.3 is 0 Å². The lowest BCUT2D eigenvalue weighted by Gasteiger charge is -2.41. The van der Waals surface area contributed by atoms with Crippen LogP contribution >= 0.6 is 11.3 Å². The second-order valence-electron chi connectivity index (χ2n) is 8.09. The topological polar surface area (TPSA) is 83.3 Å². The van der Waals surface area contributed by atoms with Crippen LogP contribution < -0.4 is 5.32 Å². The summed E-state index contributed by atoms with van der Waals surface area (Å²) in [5, 5.41) is 18.0. The highest BCUT2D eigenvalue weighted by Crippen LogP contribution is 2.42. The van der Waals surface area contributed by atoms with Gasteiger partial charge in [0.1, 0.15) is 0 Å². The maximum atomic E-state index is 8.36. The van der Waals surface area contributed by atoms with Gasteiger partial charge in [0.2, 0.25) is 0 Å². The summed E-state index contributed by atoms with van der Waals surface area (Å²) in [5.74, 6) is 0. The van der Waals surface area contributed by atoms with Crippen molar-refractivity contribution >= 4 is 22.9 Å². The fraction of sp³-hybridized carbons (Fsp3) is 0.458. The van der Waals surface area contributed by atoms with Crippen LogP contribution in [0.2, 0.25) is 0 Å². The number of rotatable bonds is 8. The van der Waals surface area contributed by atoms with Crippen LogP contribution in [0, 0.1) is 0 Å². The minimum Gasteiger partial charge on any atom is -0.483 e. The zero-order valence-corrected chi connectivity index (χ0v) is 19.7. The molecule has 0 saturated carbocycles. The molecule has 0 radical (unpaired) electrons. The lowest BCUT2D eigenvalue weighted by atomic mass is 9.70. The molecule has 4 rings (SSSR count). The molecule has 1 fully saturated rings. The predicted octanol–water partition coefficient (Wildman–Crippen LogP) is 4.37. The van der Waals surface area contributed by atoms with E-state index in [2.05, 4.69) is 64.0 Å². The Labute approximate surface area is 194 Å². The van der Waals surface area contributed by atoms with Gasteiger partial charge in [-0.2, -0.15) is 5.10 Å². The van der Waals surface area contributed by atoms with E-state index in [1.807, 2.05) is 17.9 Å². The Balaban J connectivity index is 0.000000913. The van der Waals surface area contributed by atoms with E-state index in [4.69, 9.17) is 14.9 Å². The Morgan fingerprint density at radius 3 is 2.56 bits per heavy atom. The van der Waals surface area contributed by atoms with Crippen LogP contribution in [0.25, 0.3) is 0 Å². The summed E-state index contributed by atoms with van der Waals surface area (Å²) in [6.45, 7) is 6.06. The summed E-state index contributed by atoms with van der Waals surface area (Å²) in [6.07, 6.45) is 6.45. The first kappa shape index (κ1) is 23.9. The van der Waals surface area contributed by atoms with Gasteiger partial charge in [0, 0.05) is 37.1 Å². The lowest BCUT2D eigenvalue weighted by Crippen LogP contribution is -2.43. The third-order valence-electron chi connectivity index (χ3n) is 6.15. The number of thiazole rings is 1. The molecule has 0 aliphatic carbocycles. The molecule has 1 aromatic carbocycles. The van der Waals surface area contributed by atoms with Gasteiger partial charge in [-0.1, -0.05) is 43.7 Å². The molecular formula is C24H33N5O2S. The molecule has 1 aliphatic heterocycles. The number of benzene rings is 1. The summed E-state index contributed by atoms with van der Waals surface area (Å²) in [4.78, 5) is 16.0. The van der Waals surface area contributed by atoms with Crippen molar-refractivity contribution in [1.29, 1.82) is 0 Å². The van der Waals surface area contributed by atoms with Gasteiger partial charge in [-0.15, -0.1) is 11.3 Å². The number of aryl methyl sites for hydroxylation is 1. The minimum atomic E-state index is -0.250. The monoisotopic (exact) mass is 455 g/mol. The zero-order valence-electron chi connectivity index (χ0n) is 18.9. The van der Waals surface area contributed by atoms with Crippen LogP contribution in [0.4, 0.5) is 5.13 Å². The average Bonchev–Trinajstić information content (AvgIpc) is 3.45. The summed E-state index contributed by atoms with van der Waals surface area (Å²) >= 11 is 1.75. The number of nitrogens with one attached hydrogen (secondary N) is 1. The summed E-state index contributed by atoms with van der Waals surface area (Å²) in [7, 11) is 2.02. The molecule has 172 valence electrons. The number of aromatic nitrogens is 3. The van der Waals surface area contributed by atoms with E-state index in [0.29, 0.717) is 0 Å². The number of hydrogen-bond donors (Lipinski definition) is 2. The summed E-state index contributed by atoms with van der Waals surface area (Å²) < 4.78 is 1.98. The fourth-order valence-electron chi connectivity index (χ4n) is 4.28. The number of anilines is 1. The number of carboxylic acid groups (broad SMARTS) is 1. The first-order valence-corrected chi connectivity index (χ1v) is 12.0. The minimum absolute atomic E-state index is 0.00536. The molecule has 3 heterocycles. The third kappa shape index (κ3) is 5.75. The highest BCUT2D eigenvalue weighted by Gasteiger charge is 2.39. The van der Waals surface area contributed by atoms with Crippen molar-refractivity contribution in [3.8, 4) is 0 Å². The van der Waals surface area contributed by atoms with Crippen LogP contribution in [0.5, 0.6) is 0 Å². The van der Waals surface area contributed by atoms with Crippen molar-refractivity contribution in [2.45, 2.75) is 44.6 Å². The lowest BCUT2D eigenvalue weighted by molar-refractivity contribution is -0.122.